The van der Waals surface area contributed by atoms with E-state index in [0.29, 0.717) is 6.61 Å². The van der Waals surface area contributed by atoms with Crippen LogP contribution in [0.25, 0.3) is 0 Å². The fraction of sp³-hybridized carbons (Fsp3) is 0.400. The second-order valence-electron chi connectivity index (χ2n) is 4.63. The zero-order chi connectivity index (χ0) is 13.7. The monoisotopic (exact) mass is 259 g/mol. The Morgan fingerprint density at radius 2 is 2.16 bits per heavy atom. The standard InChI is InChI=1S/C15H21N3O/c1-4-16-12(2)14-7-5-6-8-15(14)19-11-13-9-17-18(3)10-13/h5-10,12,16H,4,11H2,1-3H3. The number of nitrogens with zero attached hydrogens (tertiary/aromatic N) is 2. The van der Waals surface area contributed by atoms with Gasteiger partial charge in [0.2, 0.25) is 0 Å². The molecule has 1 N–H and O–H groups in total. The normalized spacial score (nSPS) is 12.4. The maximum absolute atomic E-state index is 5.91. The Kier molecular flexibility index (Phi) is 4.58. The van der Waals surface area contributed by atoms with Crippen molar-refractivity contribution < 1.29 is 4.74 Å². The average Bonchev–Trinajstić information content (AvgIpc) is 2.83. The molecule has 0 amide bonds. The van der Waals surface area contributed by atoms with Crippen LogP contribution < -0.4 is 10.1 Å². The second-order valence-corrected chi connectivity index (χ2v) is 4.63. The molecule has 0 saturated carbocycles. The molecular formula is C15H21N3O. The highest BCUT2D eigenvalue weighted by Gasteiger charge is 2.10. The van der Waals surface area contributed by atoms with E-state index in [2.05, 4.69) is 30.3 Å². The van der Waals surface area contributed by atoms with E-state index in [4.69, 9.17) is 4.74 Å². The van der Waals surface area contributed by atoms with Gasteiger partial charge in [-0.3, -0.25) is 4.68 Å². The molecule has 19 heavy (non-hydrogen) atoms. The summed E-state index contributed by atoms with van der Waals surface area (Å²) in [5.41, 5.74) is 2.27. The Bertz CT molecular complexity index is 522. The van der Waals surface area contributed by atoms with E-state index in [1.807, 2.05) is 37.6 Å². The predicted octanol–water partition coefficient (Wildman–Crippen LogP) is 2.67. The molecule has 0 aliphatic carbocycles. The molecule has 0 aliphatic heterocycles. The van der Waals surface area contributed by atoms with Crippen LogP contribution in [0.1, 0.15) is 31.0 Å². The predicted molar refractivity (Wildman–Crippen MR) is 76.1 cm³/mol. The van der Waals surface area contributed by atoms with Gasteiger partial charge >= 0.3 is 0 Å². The summed E-state index contributed by atoms with van der Waals surface area (Å²) in [6.45, 7) is 5.74. The van der Waals surface area contributed by atoms with E-state index < -0.39 is 0 Å². The Balaban J connectivity index is 2.07. The zero-order valence-electron chi connectivity index (χ0n) is 11.8. The van der Waals surface area contributed by atoms with E-state index in [0.717, 1.165) is 17.9 Å². The van der Waals surface area contributed by atoms with Crippen LogP contribution in [0, 0.1) is 0 Å². The Morgan fingerprint density at radius 3 is 2.84 bits per heavy atom. The van der Waals surface area contributed by atoms with E-state index in [9.17, 15) is 0 Å². The molecule has 0 aliphatic rings. The van der Waals surface area contributed by atoms with Crippen molar-refractivity contribution in [1.29, 1.82) is 0 Å². The molecule has 0 radical (unpaired) electrons. The van der Waals surface area contributed by atoms with Crippen LogP contribution in [0.3, 0.4) is 0 Å². The summed E-state index contributed by atoms with van der Waals surface area (Å²) >= 11 is 0. The molecule has 1 unspecified atom stereocenters. The number of hydrogen-bond acceptors (Lipinski definition) is 3. The van der Waals surface area contributed by atoms with E-state index in [1.54, 1.807) is 4.68 Å². The summed E-state index contributed by atoms with van der Waals surface area (Å²) in [5, 5.41) is 7.55. The second kappa shape index (κ2) is 6.38. The van der Waals surface area contributed by atoms with Crippen molar-refractivity contribution in [3.8, 4) is 5.75 Å². The van der Waals surface area contributed by atoms with Crippen LogP contribution in [0.2, 0.25) is 0 Å². The van der Waals surface area contributed by atoms with Gasteiger partial charge in [0, 0.05) is 30.4 Å². The zero-order valence-corrected chi connectivity index (χ0v) is 11.8. The largest absolute Gasteiger partial charge is 0.488 e. The van der Waals surface area contributed by atoms with E-state index in [-0.39, 0.29) is 6.04 Å². The van der Waals surface area contributed by atoms with E-state index >= 15 is 0 Å². The number of aromatic nitrogens is 2. The molecule has 0 bridgehead atoms. The molecule has 2 rings (SSSR count). The summed E-state index contributed by atoms with van der Waals surface area (Å²) in [5.74, 6) is 0.930. The van der Waals surface area contributed by atoms with Crippen molar-refractivity contribution >= 4 is 0 Å². The lowest BCUT2D eigenvalue weighted by molar-refractivity contribution is 0.300. The van der Waals surface area contributed by atoms with Crippen LogP contribution in [0.4, 0.5) is 0 Å². The number of ether oxygens (including phenoxy) is 1. The molecule has 102 valence electrons. The summed E-state index contributed by atoms with van der Waals surface area (Å²) in [6, 6.07) is 8.45. The SMILES string of the molecule is CCNC(C)c1ccccc1OCc1cnn(C)c1. The highest BCUT2D eigenvalue weighted by atomic mass is 16.5. The molecule has 1 aromatic heterocycles. The summed E-state index contributed by atoms with van der Waals surface area (Å²) < 4.78 is 7.69. The molecular weight excluding hydrogens is 238 g/mol. The molecule has 0 spiro atoms. The van der Waals surface area contributed by atoms with Crippen molar-refractivity contribution in [2.24, 2.45) is 7.05 Å². The molecule has 0 fully saturated rings. The van der Waals surface area contributed by atoms with E-state index in [1.165, 1.54) is 5.56 Å². The maximum Gasteiger partial charge on any atom is 0.124 e. The Morgan fingerprint density at radius 1 is 1.37 bits per heavy atom. The fourth-order valence-corrected chi connectivity index (χ4v) is 2.09. The van der Waals surface area contributed by atoms with Gasteiger partial charge in [-0.1, -0.05) is 25.1 Å². The van der Waals surface area contributed by atoms with Gasteiger partial charge in [-0.2, -0.15) is 5.10 Å². The first-order valence-corrected chi connectivity index (χ1v) is 6.63. The fourth-order valence-electron chi connectivity index (χ4n) is 2.09. The molecule has 2 aromatic rings. The van der Waals surface area contributed by atoms with Crippen LogP contribution in [0.15, 0.2) is 36.7 Å². The minimum Gasteiger partial charge on any atom is -0.488 e. The molecule has 1 aromatic carbocycles. The third-order valence-corrected chi connectivity index (χ3v) is 3.05. The van der Waals surface area contributed by atoms with Gasteiger partial charge in [0.15, 0.2) is 0 Å². The topological polar surface area (TPSA) is 39.1 Å². The molecule has 1 heterocycles. The van der Waals surface area contributed by atoms with Crippen LogP contribution >= 0.6 is 0 Å². The quantitative estimate of drug-likeness (QED) is 0.867. The Hall–Kier alpha value is -1.81. The van der Waals surface area contributed by atoms with Crippen molar-refractivity contribution in [3.63, 3.8) is 0 Å². The van der Waals surface area contributed by atoms with Gasteiger partial charge in [0.05, 0.1) is 6.20 Å². The number of para-hydroxylation sites is 1. The molecule has 4 nitrogen and oxygen atoms in total. The number of hydrogen-bond donors (Lipinski definition) is 1. The van der Waals surface area contributed by atoms with Gasteiger partial charge < -0.3 is 10.1 Å². The number of rotatable bonds is 6. The number of nitrogens with one attached hydrogen (secondary N) is 1. The molecule has 1 atom stereocenters. The highest BCUT2D eigenvalue weighted by molar-refractivity contribution is 5.35. The van der Waals surface area contributed by atoms with Gasteiger partial charge in [-0.05, 0) is 19.5 Å². The molecule has 4 heteroatoms. The number of benzene rings is 1. The lowest BCUT2D eigenvalue weighted by Gasteiger charge is -2.17. The lowest BCUT2D eigenvalue weighted by atomic mass is 10.1. The van der Waals surface area contributed by atoms with Crippen molar-refractivity contribution in [3.05, 3.63) is 47.8 Å². The van der Waals surface area contributed by atoms with Crippen molar-refractivity contribution in [2.75, 3.05) is 6.54 Å². The maximum atomic E-state index is 5.91. The minimum atomic E-state index is 0.287. The third-order valence-electron chi connectivity index (χ3n) is 3.05. The van der Waals surface area contributed by atoms with Crippen LogP contribution in [0.5, 0.6) is 5.75 Å². The Labute approximate surface area is 114 Å². The van der Waals surface area contributed by atoms with Crippen LogP contribution in [-0.2, 0) is 13.7 Å². The van der Waals surface area contributed by atoms with Gasteiger partial charge in [-0.25, -0.2) is 0 Å². The third kappa shape index (κ3) is 3.58. The van der Waals surface area contributed by atoms with Gasteiger partial charge in [0.25, 0.3) is 0 Å². The van der Waals surface area contributed by atoms with Gasteiger partial charge in [0.1, 0.15) is 12.4 Å². The van der Waals surface area contributed by atoms with Gasteiger partial charge in [-0.15, -0.1) is 0 Å². The first-order chi connectivity index (χ1) is 9.20. The van der Waals surface area contributed by atoms with Crippen LogP contribution in [-0.4, -0.2) is 16.3 Å². The lowest BCUT2D eigenvalue weighted by Crippen LogP contribution is -2.18. The molecule has 0 saturated heterocycles. The first-order valence-electron chi connectivity index (χ1n) is 6.63. The smallest absolute Gasteiger partial charge is 0.124 e. The summed E-state index contributed by atoms with van der Waals surface area (Å²) in [7, 11) is 1.91. The summed E-state index contributed by atoms with van der Waals surface area (Å²) in [4.78, 5) is 0. The average molecular weight is 259 g/mol. The number of aryl methyl sites for hydroxylation is 1. The summed E-state index contributed by atoms with van der Waals surface area (Å²) in [6.07, 6.45) is 3.80. The highest BCUT2D eigenvalue weighted by Crippen LogP contribution is 2.25. The first kappa shape index (κ1) is 13.6. The minimum absolute atomic E-state index is 0.287. The van der Waals surface area contributed by atoms with Crippen molar-refractivity contribution in [2.45, 2.75) is 26.5 Å². The van der Waals surface area contributed by atoms with Crippen molar-refractivity contribution in [1.82, 2.24) is 15.1 Å².